The highest BCUT2D eigenvalue weighted by atomic mass is 35.5. The van der Waals surface area contributed by atoms with Crippen molar-refractivity contribution in [1.82, 2.24) is 10.3 Å². The van der Waals surface area contributed by atoms with Crippen molar-refractivity contribution in [1.29, 1.82) is 0 Å². The number of hydrogen-bond donors (Lipinski definition) is 3. The summed E-state index contributed by atoms with van der Waals surface area (Å²) in [6.45, 7) is 0. The number of pyridine rings is 1. The molecule has 3 amide bonds. The molecule has 33 heavy (non-hydrogen) atoms. The molecule has 0 bridgehead atoms. The van der Waals surface area contributed by atoms with Crippen molar-refractivity contribution in [3.8, 4) is 11.5 Å². The number of alkyl halides is 3. The third kappa shape index (κ3) is 6.10. The Bertz CT molecular complexity index is 1200. The van der Waals surface area contributed by atoms with Crippen LogP contribution in [-0.2, 0) is 6.18 Å². The average Bonchev–Trinajstić information content (AvgIpc) is 2.76. The van der Waals surface area contributed by atoms with Crippen LogP contribution in [0.25, 0.3) is 0 Å². The lowest BCUT2D eigenvalue weighted by Crippen LogP contribution is -2.20. The third-order valence-electron chi connectivity index (χ3n) is 4.15. The number of urea groups is 1. The van der Waals surface area contributed by atoms with Gasteiger partial charge in [-0.1, -0.05) is 11.6 Å². The Morgan fingerprint density at radius 1 is 1.00 bits per heavy atom. The van der Waals surface area contributed by atoms with E-state index in [1.165, 1.54) is 43.6 Å². The summed E-state index contributed by atoms with van der Waals surface area (Å²) in [4.78, 5) is 27.7. The van der Waals surface area contributed by atoms with Gasteiger partial charge in [-0.3, -0.25) is 9.78 Å². The lowest BCUT2D eigenvalue weighted by Gasteiger charge is -2.13. The molecule has 0 aliphatic heterocycles. The number of nitrogens with one attached hydrogen (secondary N) is 3. The van der Waals surface area contributed by atoms with E-state index < -0.39 is 29.5 Å². The molecule has 1 heterocycles. The summed E-state index contributed by atoms with van der Waals surface area (Å²) in [5, 5.41) is 7.07. The summed E-state index contributed by atoms with van der Waals surface area (Å²) in [6.07, 6.45) is -3.52. The predicted molar refractivity (Wildman–Crippen MR) is 113 cm³/mol. The number of carbonyl (C=O) groups excluding carboxylic acids is 2. The van der Waals surface area contributed by atoms with Gasteiger partial charge in [0.05, 0.1) is 16.3 Å². The molecule has 0 atom stereocenters. The van der Waals surface area contributed by atoms with Gasteiger partial charge in [0, 0.05) is 31.1 Å². The summed E-state index contributed by atoms with van der Waals surface area (Å²) in [6, 6.07) is 8.39. The van der Waals surface area contributed by atoms with E-state index in [2.05, 4.69) is 20.9 Å². The fourth-order valence-corrected chi connectivity index (χ4v) is 2.85. The second-order valence-corrected chi connectivity index (χ2v) is 6.88. The van der Waals surface area contributed by atoms with Gasteiger partial charge < -0.3 is 20.7 Å². The normalized spacial score (nSPS) is 11.0. The van der Waals surface area contributed by atoms with Crippen molar-refractivity contribution in [3.63, 3.8) is 0 Å². The summed E-state index contributed by atoms with van der Waals surface area (Å²) >= 11 is 6.16. The number of carbonyl (C=O) groups is 2. The smallest absolute Gasteiger partial charge is 0.419 e. The van der Waals surface area contributed by atoms with Crippen LogP contribution in [0.15, 0.2) is 54.7 Å². The Morgan fingerprint density at radius 3 is 2.39 bits per heavy atom. The van der Waals surface area contributed by atoms with Gasteiger partial charge in [0.1, 0.15) is 23.0 Å². The standard InChI is InChI=1S/C21H15ClF4N4O3/c1-27-19(31)18-10-13(6-7-28-18)33-12-3-5-17(15(22)9-12)30-20(32)29-11-2-4-16(23)14(8-11)21(24,25)26/h2-10H,1H3,(H,27,31)(H2,29,30,32). The number of hydrogen-bond acceptors (Lipinski definition) is 4. The molecule has 0 saturated carbocycles. The SMILES string of the molecule is CNC(=O)c1cc(Oc2ccc(NC(=O)Nc3ccc(F)c(C(F)(F)F)c3)c(Cl)c2)ccn1. The molecule has 2 aromatic carbocycles. The van der Waals surface area contributed by atoms with Crippen LogP contribution in [0, 0.1) is 5.82 Å². The van der Waals surface area contributed by atoms with E-state index in [0.717, 1.165) is 6.07 Å². The van der Waals surface area contributed by atoms with Gasteiger partial charge in [0.25, 0.3) is 5.91 Å². The second-order valence-electron chi connectivity index (χ2n) is 6.47. The van der Waals surface area contributed by atoms with Crippen LogP contribution in [0.1, 0.15) is 16.1 Å². The van der Waals surface area contributed by atoms with Gasteiger partial charge in [-0.25, -0.2) is 9.18 Å². The first kappa shape index (κ1) is 23.8. The molecule has 0 saturated heterocycles. The van der Waals surface area contributed by atoms with Crippen molar-refractivity contribution in [2.75, 3.05) is 17.7 Å². The fraction of sp³-hybridized carbons (Fsp3) is 0.0952. The van der Waals surface area contributed by atoms with Crippen LogP contribution in [0.4, 0.5) is 33.7 Å². The maximum Gasteiger partial charge on any atom is 0.419 e. The Kier molecular flexibility index (Phi) is 7.02. The van der Waals surface area contributed by atoms with E-state index >= 15 is 0 Å². The van der Waals surface area contributed by atoms with Gasteiger partial charge in [-0.05, 0) is 36.4 Å². The Morgan fingerprint density at radius 2 is 1.73 bits per heavy atom. The molecule has 0 radical (unpaired) electrons. The van der Waals surface area contributed by atoms with Crippen LogP contribution in [0.5, 0.6) is 11.5 Å². The first-order valence-electron chi connectivity index (χ1n) is 9.17. The predicted octanol–water partition coefficient (Wildman–Crippen LogP) is 5.69. The maximum absolute atomic E-state index is 13.4. The largest absolute Gasteiger partial charge is 0.457 e. The zero-order chi connectivity index (χ0) is 24.2. The van der Waals surface area contributed by atoms with Crippen LogP contribution in [-0.4, -0.2) is 24.0 Å². The Labute approximate surface area is 189 Å². The lowest BCUT2D eigenvalue weighted by atomic mass is 10.2. The first-order valence-corrected chi connectivity index (χ1v) is 9.55. The molecule has 0 aliphatic carbocycles. The monoisotopic (exact) mass is 482 g/mol. The first-order chi connectivity index (χ1) is 15.6. The maximum atomic E-state index is 13.4. The van der Waals surface area contributed by atoms with E-state index in [1.807, 2.05) is 0 Å². The lowest BCUT2D eigenvalue weighted by molar-refractivity contribution is -0.139. The molecule has 0 aliphatic rings. The molecular weight excluding hydrogens is 468 g/mol. The Balaban J connectivity index is 1.68. The zero-order valence-corrected chi connectivity index (χ0v) is 17.5. The van der Waals surface area contributed by atoms with Crippen LogP contribution >= 0.6 is 11.6 Å². The van der Waals surface area contributed by atoms with Crippen LogP contribution < -0.4 is 20.7 Å². The van der Waals surface area contributed by atoms with Crippen LogP contribution in [0.2, 0.25) is 5.02 Å². The molecule has 172 valence electrons. The molecule has 3 rings (SSSR count). The number of aromatic nitrogens is 1. The summed E-state index contributed by atoms with van der Waals surface area (Å²) in [5.41, 5.74) is -1.48. The quantitative estimate of drug-likeness (QED) is 0.407. The van der Waals surface area contributed by atoms with Crippen molar-refractivity contribution < 1.29 is 31.9 Å². The molecule has 0 unspecified atom stereocenters. The average molecular weight is 483 g/mol. The Hall–Kier alpha value is -3.86. The van der Waals surface area contributed by atoms with Crippen LogP contribution in [0.3, 0.4) is 0 Å². The molecule has 12 heteroatoms. The van der Waals surface area contributed by atoms with Crippen molar-refractivity contribution in [2.45, 2.75) is 6.18 Å². The topological polar surface area (TPSA) is 92.4 Å². The molecule has 7 nitrogen and oxygen atoms in total. The zero-order valence-electron chi connectivity index (χ0n) is 16.8. The minimum atomic E-state index is -4.91. The number of rotatable bonds is 5. The van der Waals surface area contributed by atoms with E-state index in [1.54, 1.807) is 0 Å². The number of halogens is 5. The van der Waals surface area contributed by atoms with Crippen molar-refractivity contribution in [3.05, 3.63) is 76.8 Å². The molecule has 0 spiro atoms. The molecule has 3 aromatic rings. The number of benzene rings is 2. The van der Waals surface area contributed by atoms with Gasteiger partial charge in [0.2, 0.25) is 0 Å². The van der Waals surface area contributed by atoms with E-state index in [-0.39, 0.29) is 27.8 Å². The van der Waals surface area contributed by atoms with Gasteiger partial charge in [-0.15, -0.1) is 0 Å². The van der Waals surface area contributed by atoms with E-state index in [0.29, 0.717) is 17.9 Å². The number of amides is 3. The third-order valence-corrected chi connectivity index (χ3v) is 4.46. The minimum absolute atomic E-state index is 0.0679. The molecular formula is C21H15ClF4N4O3. The number of ether oxygens (including phenoxy) is 1. The van der Waals surface area contributed by atoms with Crippen molar-refractivity contribution >= 4 is 34.9 Å². The summed E-state index contributed by atoms with van der Waals surface area (Å²) < 4.78 is 57.5. The van der Waals surface area contributed by atoms with Crippen molar-refractivity contribution in [2.24, 2.45) is 0 Å². The number of nitrogens with zero attached hydrogens (tertiary/aromatic N) is 1. The van der Waals surface area contributed by atoms with E-state index in [4.69, 9.17) is 16.3 Å². The van der Waals surface area contributed by atoms with Gasteiger partial charge in [0.15, 0.2) is 0 Å². The molecule has 3 N–H and O–H groups in total. The second kappa shape index (κ2) is 9.74. The van der Waals surface area contributed by atoms with Gasteiger partial charge >= 0.3 is 12.2 Å². The fourth-order valence-electron chi connectivity index (χ4n) is 2.63. The summed E-state index contributed by atoms with van der Waals surface area (Å²) in [5.74, 6) is -1.25. The highest BCUT2D eigenvalue weighted by Crippen LogP contribution is 2.33. The minimum Gasteiger partial charge on any atom is -0.457 e. The highest BCUT2D eigenvalue weighted by Gasteiger charge is 2.34. The van der Waals surface area contributed by atoms with Gasteiger partial charge in [-0.2, -0.15) is 13.2 Å². The number of anilines is 2. The van der Waals surface area contributed by atoms with E-state index in [9.17, 15) is 27.2 Å². The molecule has 1 aromatic heterocycles. The highest BCUT2D eigenvalue weighted by molar-refractivity contribution is 6.34. The molecule has 0 fully saturated rings. The summed E-state index contributed by atoms with van der Waals surface area (Å²) in [7, 11) is 1.46.